The van der Waals surface area contributed by atoms with Crippen molar-refractivity contribution in [2.75, 3.05) is 16.8 Å². The SMILES string of the molecule is N[C@@H](CSCC(=O)Nc1cc(Cl)c(Cl)cc1Cl)C(=O)O. The lowest BCUT2D eigenvalue weighted by atomic mass is 10.3. The number of amides is 1. The maximum atomic E-state index is 11.7. The fourth-order valence-corrected chi connectivity index (χ4v) is 2.52. The van der Waals surface area contributed by atoms with E-state index in [0.29, 0.717) is 5.69 Å². The third-order valence-corrected chi connectivity index (χ3v) is 4.23. The second-order valence-electron chi connectivity index (χ2n) is 3.75. The van der Waals surface area contributed by atoms with Crippen molar-refractivity contribution in [3.05, 3.63) is 27.2 Å². The van der Waals surface area contributed by atoms with Gasteiger partial charge in [0.25, 0.3) is 0 Å². The van der Waals surface area contributed by atoms with Crippen LogP contribution in [0.4, 0.5) is 5.69 Å². The largest absolute Gasteiger partial charge is 0.480 e. The normalized spacial score (nSPS) is 12.0. The molecule has 0 aliphatic heterocycles. The number of benzene rings is 1. The third-order valence-electron chi connectivity index (χ3n) is 2.13. The van der Waals surface area contributed by atoms with Gasteiger partial charge in [0.15, 0.2) is 0 Å². The number of carbonyl (C=O) groups excluding carboxylic acids is 1. The number of nitrogens with two attached hydrogens (primary N) is 1. The van der Waals surface area contributed by atoms with E-state index in [-0.39, 0.29) is 32.5 Å². The fourth-order valence-electron chi connectivity index (χ4n) is 1.15. The van der Waals surface area contributed by atoms with Gasteiger partial charge in [0.05, 0.1) is 26.5 Å². The molecule has 0 fully saturated rings. The third kappa shape index (κ3) is 5.38. The number of hydrogen-bond acceptors (Lipinski definition) is 4. The molecule has 4 N–H and O–H groups in total. The van der Waals surface area contributed by atoms with Gasteiger partial charge < -0.3 is 16.2 Å². The number of rotatable bonds is 6. The number of thioether (sulfide) groups is 1. The molecule has 0 heterocycles. The van der Waals surface area contributed by atoms with E-state index in [0.717, 1.165) is 11.8 Å². The summed E-state index contributed by atoms with van der Waals surface area (Å²) < 4.78 is 0. The zero-order valence-electron chi connectivity index (χ0n) is 10.0. The van der Waals surface area contributed by atoms with Crippen molar-refractivity contribution >= 4 is 64.1 Å². The minimum absolute atomic E-state index is 0.0531. The molecule has 0 aromatic heterocycles. The van der Waals surface area contributed by atoms with E-state index >= 15 is 0 Å². The number of halogens is 3. The van der Waals surface area contributed by atoms with Crippen LogP contribution in [0.3, 0.4) is 0 Å². The van der Waals surface area contributed by atoms with E-state index in [1.54, 1.807) is 0 Å². The van der Waals surface area contributed by atoms with Crippen molar-refractivity contribution in [1.82, 2.24) is 0 Å². The van der Waals surface area contributed by atoms with Gasteiger partial charge in [0, 0.05) is 5.75 Å². The number of carboxylic acids is 1. The first-order chi connectivity index (χ1) is 9.31. The van der Waals surface area contributed by atoms with Crippen LogP contribution in [0.15, 0.2) is 12.1 Å². The van der Waals surface area contributed by atoms with Crippen molar-refractivity contribution in [2.45, 2.75) is 6.04 Å². The summed E-state index contributed by atoms with van der Waals surface area (Å²) in [5.74, 6) is -1.26. The Balaban J connectivity index is 2.51. The first kappa shape index (κ1) is 17.4. The molecule has 5 nitrogen and oxygen atoms in total. The summed E-state index contributed by atoms with van der Waals surface area (Å²) >= 11 is 18.6. The standard InChI is InChI=1S/C11H11Cl3N2O3S/c12-5-1-7(14)9(2-6(5)13)16-10(17)4-20-3-8(15)11(18)19/h1-2,8H,3-4,15H2,(H,16,17)(H,18,19)/t8-/m0/s1. The summed E-state index contributed by atoms with van der Waals surface area (Å²) in [6.07, 6.45) is 0. The van der Waals surface area contributed by atoms with Crippen LogP contribution in [0, 0.1) is 0 Å². The van der Waals surface area contributed by atoms with Gasteiger partial charge >= 0.3 is 5.97 Å². The van der Waals surface area contributed by atoms with Gasteiger partial charge in [-0.05, 0) is 12.1 Å². The predicted octanol–water partition coefficient (Wildman–Crippen LogP) is 2.73. The summed E-state index contributed by atoms with van der Waals surface area (Å²) in [5, 5.41) is 12.0. The summed E-state index contributed by atoms with van der Waals surface area (Å²) in [7, 11) is 0. The highest BCUT2D eigenvalue weighted by molar-refractivity contribution is 8.00. The number of anilines is 1. The van der Waals surface area contributed by atoms with Crippen molar-refractivity contribution in [3.63, 3.8) is 0 Å². The van der Waals surface area contributed by atoms with Crippen molar-refractivity contribution < 1.29 is 14.7 Å². The van der Waals surface area contributed by atoms with Crippen molar-refractivity contribution in [3.8, 4) is 0 Å². The zero-order chi connectivity index (χ0) is 15.3. The second kappa shape index (κ2) is 7.95. The Morgan fingerprint density at radius 1 is 1.25 bits per heavy atom. The minimum atomic E-state index is -1.11. The Hall–Kier alpha value is -0.660. The van der Waals surface area contributed by atoms with E-state index in [1.807, 2.05) is 0 Å². The molecular weight excluding hydrogens is 347 g/mol. The topological polar surface area (TPSA) is 92.4 Å². The molecule has 1 aromatic rings. The van der Waals surface area contributed by atoms with Crippen LogP contribution >= 0.6 is 46.6 Å². The van der Waals surface area contributed by atoms with E-state index in [4.69, 9.17) is 45.6 Å². The van der Waals surface area contributed by atoms with Gasteiger partial charge in [-0.15, -0.1) is 11.8 Å². The highest BCUT2D eigenvalue weighted by Crippen LogP contribution is 2.32. The van der Waals surface area contributed by atoms with E-state index in [1.165, 1.54) is 12.1 Å². The molecule has 0 saturated heterocycles. The van der Waals surface area contributed by atoms with Gasteiger partial charge in [0.1, 0.15) is 6.04 Å². The molecule has 0 spiro atoms. The molecule has 1 rings (SSSR count). The maximum absolute atomic E-state index is 11.7. The van der Waals surface area contributed by atoms with E-state index in [9.17, 15) is 9.59 Å². The van der Waals surface area contributed by atoms with Gasteiger partial charge in [-0.2, -0.15) is 0 Å². The molecule has 1 aromatic carbocycles. The molecular formula is C11H11Cl3N2O3S. The van der Waals surface area contributed by atoms with Crippen LogP contribution in [-0.2, 0) is 9.59 Å². The molecule has 0 unspecified atom stereocenters. The van der Waals surface area contributed by atoms with E-state index in [2.05, 4.69) is 5.32 Å². The monoisotopic (exact) mass is 356 g/mol. The Bertz CT molecular complexity index is 528. The summed E-state index contributed by atoms with van der Waals surface area (Å²) in [4.78, 5) is 22.2. The lowest BCUT2D eigenvalue weighted by Crippen LogP contribution is -2.33. The zero-order valence-corrected chi connectivity index (χ0v) is 13.1. The Morgan fingerprint density at radius 3 is 2.45 bits per heavy atom. The summed E-state index contributed by atoms with van der Waals surface area (Å²) in [6, 6.07) is 1.87. The molecule has 9 heteroatoms. The highest BCUT2D eigenvalue weighted by atomic mass is 35.5. The maximum Gasteiger partial charge on any atom is 0.321 e. The number of carboxylic acid groups (broad SMARTS) is 1. The van der Waals surface area contributed by atoms with Crippen LogP contribution in [0.5, 0.6) is 0 Å². The number of nitrogens with one attached hydrogen (secondary N) is 1. The molecule has 0 radical (unpaired) electrons. The summed E-state index contributed by atoms with van der Waals surface area (Å²) in [6.45, 7) is 0. The number of carbonyl (C=O) groups is 2. The minimum Gasteiger partial charge on any atom is -0.480 e. The van der Waals surface area contributed by atoms with Crippen LogP contribution in [0.1, 0.15) is 0 Å². The van der Waals surface area contributed by atoms with E-state index < -0.39 is 12.0 Å². The van der Waals surface area contributed by atoms with Crippen LogP contribution in [-0.4, -0.2) is 34.5 Å². The summed E-state index contributed by atoms with van der Waals surface area (Å²) in [5.41, 5.74) is 5.65. The molecule has 0 bridgehead atoms. The van der Waals surface area contributed by atoms with Gasteiger partial charge in [-0.3, -0.25) is 9.59 Å². The van der Waals surface area contributed by atoms with Gasteiger partial charge in [-0.1, -0.05) is 34.8 Å². The second-order valence-corrected chi connectivity index (χ2v) is 6.01. The molecule has 20 heavy (non-hydrogen) atoms. The fraction of sp³-hybridized carbons (Fsp3) is 0.273. The Kier molecular flexibility index (Phi) is 6.91. The number of hydrogen-bond donors (Lipinski definition) is 3. The van der Waals surface area contributed by atoms with Gasteiger partial charge in [0.2, 0.25) is 5.91 Å². The van der Waals surface area contributed by atoms with Gasteiger partial charge in [-0.25, -0.2) is 0 Å². The Labute approximate surface area is 134 Å². The predicted molar refractivity (Wildman–Crippen MR) is 83.0 cm³/mol. The number of aliphatic carboxylic acids is 1. The lowest BCUT2D eigenvalue weighted by molar-refractivity contribution is -0.137. The smallest absolute Gasteiger partial charge is 0.321 e. The highest BCUT2D eigenvalue weighted by Gasteiger charge is 2.13. The quantitative estimate of drug-likeness (QED) is 0.681. The lowest BCUT2D eigenvalue weighted by Gasteiger charge is -2.09. The Morgan fingerprint density at radius 2 is 1.85 bits per heavy atom. The van der Waals surface area contributed by atoms with Crippen LogP contribution in [0.25, 0.3) is 0 Å². The molecule has 1 atom stereocenters. The first-order valence-corrected chi connectivity index (χ1v) is 7.60. The molecule has 0 aliphatic rings. The average molecular weight is 358 g/mol. The molecule has 1 amide bonds. The van der Waals surface area contributed by atoms with Crippen LogP contribution in [0.2, 0.25) is 15.1 Å². The van der Waals surface area contributed by atoms with Crippen molar-refractivity contribution in [1.29, 1.82) is 0 Å². The molecule has 0 aliphatic carbocycles. The molecule has 0 saturated carbocycles. The van der Waals surface area contributed by atoms with Crippen molar-refractivity contribution in [2.24, 2.45) is 5.73 Å². The first-order valence-electron chi connectivity index (χ1n) is 5.31. The van der Waals surface area contributed by atoms with Crippen LogP contribution < -0.4 is 11.1 Å². The average Bonchev–Trinajstić information content (AvgIpc) is 2.35. The molecule has 110 valence electrons.